The number of aromatic nitrogens is 1. The first-order valence-corrected chi connectivity index (χ1v) is 10.6. The lowest BCUT2D eigenvalue weighted by atomic mass is 9.87. The van der Waals surface area contributed by atoms with E-state index in [1.807, 2.05) is 42.5 Å². The smallest absolute Gasteiger partial charge is 0.231 e. The maximum absolute atomic E-state index is 10.4. The van der Waals surface area contributed by atoms with Crippen molar-refractivity contribution in [2.24, 2.45) is 5.92 Å². The molecule has 0 unspecified atom stereocenters. The molecule has 2 heterocycles. The second-order valence-corrected chi connectivity index (χ2v) is 8.28. The Hall–Kier alpha value is -3.21. The molecule has 0 saturated heterocycles. The number of fused-ring (bicyclic) bond motifs is 1. The Labute approximate surface area is 176 Å². The first-order valence-electron chi connectivity index (χ1n) is 10.6. The Morgan fingerprint density at radius 1 is 0.933 bits per heavy atom. The fourth-order valence-corrected chi connectivity index (χ4v) is 4.36. The number of hydrogen-bond acceptors (Lipinski definition) is 5. The van der Waals surface area contributed by atoms with Gasteiger partial charge in [0.25, 0.3) is 0 Å². The number of phenolic OH excluding ortho intramolecular Hbond substituents is 1. The van der Waals surface area contributed by atoms with Gasteiger partial charge >= 0.3 is 0 Å². The van der Waals surface area contributed by atoms with Crippen LogP contribution in [0.2, 0.25) is 0 Å². The molecule has 154 valence electrons. The van der Waals surface area contributed by atoms with Gasteiger partial charge < -0.3 is 19.9 Å². The van der Waals surface area contributed by atoms with Gasteiger partial charge in [-0.3, -0.25) is 0 Å². The highest BCUT2D eigenvalue weighted by molar-refractivity contribution is 5.80. The summed E-state index contributed by atoms with van der Waals surface area (Å²) in [5.41, 5.74) is 3.39. The normalized spacial score (nSPS) is 20.2. The van der Waals surface area contributed by atoms with Crippen molar-refractivity contribution in [1.82, 2.24) is 4.98 Å². The first-order chi connectivity index (χ1) is 14.7. The number of nitrogens with zero attached hydrogens (tertiary/aromatic N) is 1. The Balaban J connectivity index is 1.57. The fourth-order valence-electron chi connectivity index (χ4n) is 4.36. The zero-order valence-electron chi connectivity index (χ0n) is 17.1. The lowest BCUT2D eigenvalue weighted by Crippen LogP contribution is -2.25. The van der Waals surface area contributed by atoms with Crippen LogP contribution in [0.25, 0.3) is 22.4 Å². The molecule has 3 aromatic rings. The van der Waals surface area contributed by atoms with Crippen molar-refractivity contribution in [2.45, 2.75) is 38.6 Å². The number of phenols is 1. The highest BCUT2D eigenvalue weighted by atomic mass is 16.7. The van der Waals surface area contributed by atoms with Crippen LogP contribution in [0.15, 0.2) is 54.6 Å². The van der Waals surface area contributed by atoms with Gasteiger partial charge in [0.2, 0.25) is 6.79 Å². The summed E-state index contributed by atoms with van der Waals surface area (Å²) < 4.78 is 11.3. The van der Waals surface area contributed by atoms with E-state index in [0.717, 1.165) is 52.9 Å². The number of nitrogens with one attached hydrogen (secondary N) is 1. The largest absolute Gasteiger partial charge is 0.507 e. The summed E-state index contributed by atoms with van der Waals surface area (Å²) in [4.78, 5) is 4.85. The van der Waals surface area contributed by atoms with Gasteiger partial charge in [-0.2, -0.15) is 0 Å². The highest BCUT2D eigenvalue weighted by Gasteiger charge is 2.22. The minimum atomic E-state index is 0.220. The van der Waals surface area contributed by atoms with E-state index in [1.54, 1.807) is 6.07 Å². The fraction of sp³-hybridized carbons (Fsp3) is 0.320. The van der Waals surface area contributed by atoms with Gasteiger partial charge in [0, 0.05) is 17.2 Å². The van der Waals surface area contributed by atoms with Gasteiger partial charge in [0.1, 0.15) is 11.6 Å². The van der Waals surface area contributed by atoms with Crippen molar-refractivity contribution < 1.29 is 14.6 Å². The Kier molecular flexibility index (Phi) is 4.95. The molecule has 1 aromatic heterocycles. The zero-order valence-corrected chi connectivity index (χ0v) is 17.1. The summed E-state index contributed by atoms with van der Waals surface area (Å²) in [6.45, 7) is 2.55. The number of ether oxygens (including phenoxy) is 2. The Morgan fingerprint density at radius 3 is 2.57 bits per heavy atom. The molecule has 0 bridgehead atoms. The molecule has 1 aliphatic heterocycles. The van der Waals surface area contributed by atoms with Crippen molar-refractivity contribution in [3.63, 3.8) is 0 Å². The van der Waals surface area contributed by atoms with Crippen LogP contribution in [0.4, 0.5) is 5.82 Å². The van der Waals surface area contributed by atoms with E-state index in [0.29, 0.717) is 11.6 Å². The predicted octanol–water partition coefficient (Wildman–Crippen LogP) is 5.84. The number of para-hydroxylation sites is 2. The molecule has 1 saturated carbocycles. The molecule has 1 fully saturated rings. The minimum absolute atomic E-state index is 0.220. The molecule has 5 heteroatoms. The summed E-state index contributed by atoms with van der Waals surface area (Å²) in [7, 11) is 0. The molecule has 0 radical (unpaired) electrons. The van der Waals surface area contributed by atoms with Crippen molar-refractivity contribution in [1.29, 1.82) is 0 Å². The minimum Gasteiger partial charge on any atom is -0.507 e. The van der Waals surface area contributed by atoms with Crippen LogP contribution in [0.1, 0.15) is 32.6 Å². The standard InChI is InChI=1S/C25H26N2O3/c1-16-9-11-18(12-10-16)26-24-14-17(19-6-4-8-23-25(19)30-15-29-23)13-21(27-24)20-5-2-3-7-22(20)28/h2-8,13-14,16,18,28H,9-12,15H2,1H3,(H,26,27). The lowest BCUT2D eigenvalue weighted by Gasteiger charge is -2.27. The van der Waals surface area contributed by atoms with E-state index in [2.05, 4.69) is 18.3 Å². The molecule has 0 atom stereocenters. The quantitative estimate of drug-likeness (QED) is 0.574. The summed E-state index contributed by atoms with van der Waals surface area (Å²) in [5.74, 6) is 3.34. The molecular formula is C25H26N2O3. The third-order valence-corrected chi connectivity index (χ3v) is 6.08. The number of hydrogen-bond donors (Lipinski definition) is 2. The molecule has 5 nitrogen and oxygen atoms in total. The van der Waals surface area contributed by atoms with E-state index < -0.39 is 0 Å². The first kappa shape index (κ1) is 18.8. The molecule has 1 aliphatic carbocycles. The van der Waals surface area contributed by atoms with E-state index in [4.69, 9.17) is 14.5 Å². The second-order valence-electron chi connectivity index (χ2n) is 8.28. The topological polar surface area (TPSA) is 63.6 Å². The summed E-state index contributed by atoms with van der Waals surface area (Å²) in [6, 6.07) is 17.7. The summed E-state index contributed by atoms with van der Waals surface area (Å²) in [6.07, 6.45) is 4.77. The second kappa shape index (κ2) is 7.90. The van der Waals surface area contributed by atoms with Crippen molar-refractivity contribution in [2.75, 3.05) is 12.1 Å². The van der Waals surface area contributed by atoms with E-state index in [-0.39, 0.29) is 12.5 Å². The molecule has 5 rings (SSSR count). The van der Waals surface area contributed by atoms with Gasteiger partial charge in [0.05, 0.1) is 5.69 Å². The lowest BCUT2D eigenvalue weighted by molar-refractivity contribution is 0.174. The van der Waals surface area contributed by atoms with Crippen LogP contribution in [0.5, 0.6) is 17.2 Å². The average Bonchev–Trinajstić information content (AvgIpc) is 3.24. The van der Waals surface area contributed by atoms with Crippen LogP contribution in [-0.4, -0.2) is 22.9 Å². The van der Waals surface area contributed by atoms with Crippen molar-refractivity contribution >= 4 is 5.82 Å². The molecular weight excluding hydrogens is 376 g/mol. The van der Waals surface area contributed by atoms with Crippen LogP contribution in [0.3, 0.4) is 0 Å². The number of aromatic hydroxyl groups is 1. The number of anilines is 1. The van der Waals surface area contributed by atoms with E-state index in [9.17, 15) is 5.11 Å². The highest BCUT2D eigenvalue weighted by Crippen LogP contribution is 2.43. The van der Waals surface area contributed by atoms with Gasteiger partial charge in [-0.1, -0.05) is 31.2 Å². The van der Waals surface area contributed by atoms with Gasteiger partial charge in [0.15, 0.2) is 11.5 Å². The molecule has 0 amide bonds. The van der Waals surface area contributed by atoms with Gasteiger partial charge in [-0.25, -0.2) is 4.98 Å². The molecule has 2 aliphatic rings. The Morgan fingerprint density at radius 2 is 1.73 bits per heavy atom. The van der Waals surface area contributed by atoms with Gasteiger partial charge in [-0.05, 0) is 67.5 Å². The van der Waals surface area contributed by atoms with Crippen LogP contribution < -0.4 is 14.8 Å². The molecule has 2 aromatic carbocycles. The number of rotatable bonds is 4. The van der Waals surface area contributed by atoms with Crippen LogP contribution >= 0.6 is 0 Å². The predicted molar refractivity (Wildman–Crippen MR) is 118 cm³/mol. The van der Waals surface area contributed by atoms with Crippen LogP contribution in [0, 0.1) is 5.92 Å². The summed E-state index contributed by atoms with van der Waals surface area (Å²) in [5, 5.41) is 14.1. The maximum Gasteiger partial charge on any atom is 0.231 e. The third kappa shape index (κ3) is 3.67. The maximum atomic E-state index is 10.4. The molecule has 30 heavy (non-hydrogen) atoms. The third-order valence-electron chi connectivity index (χ3n) is 6.08. The Bertz CT molecular complexity index is 1060. The average molecular weight is 402 g/mol. The number of benzene rings is 2. The van der Waals surface area contributed by atoms with Gasteiger partial charge in [-0.15, -0.1) is 0 Å². The van der Waals surface area contributed by atoms with Crippen molar-refractivity contribution in [3.05, 3.63) is 54.6 Å². The monoisotopic (exact) mass is 402 g/mol. The van der Waals surface area contributed by atoms with E-state index in [1.165, 1.54) is 12.8 Å². The van der Waals surface area contributed by atoms with Crippen molar-refractivity contribution in [3.8, 4) is 39.6 Å². The summed E-state index contributed by atoms with van der Waals surface area (Å²) >= 11 is 0. The zero-order chi connectivity index (χ0) is 20.5. The van der Waals surface area contributed by atoms with E-state index >= 15 is 0 Å². The number of pyridine rings is 1. The SMILES string of the molecule is CC1CCC(Nc2cc(-c3cccc4c3OCO4)cc(-c3ccccc3O)n2)CC1. The molecule has 2 N–H and O–H groups in total. The van der Waals surface area contributed by atoms with Crippen LogP contribution in [-0.2, 0) is 0 Å². The molecule has 0 spiro atoms.